The molecule has 0 amide bonds. The second kappa shape index (κ2) is 4.31. The molecule has 0 atom stereocenters. The normalized spacial score (nSPS) is 16.3. The number of hydrogen-bond donors (Lipinski definition) is 1. The average Bonchev–Trinajstić information content (AvgIpc) is 3.01. The highest BCUT2D eigenvalue weighted by molar-refractivity contribution is 5.20. The van der Waals surface area contributed by atoms with E-state index >= 15 is 0 Å². The summed E-state index contributed by atoms with van der Waals surface area (Å²) in [4.78, 5) is 0. The predicted octanol–water partition coefficient (Wildman–Crippen LogP) is 1.98. The quantitative estimate of drug-likeness (QED) is 0.805. The van der Waals surface area contributed by atoms with Crippen LogP contribution in [0.4, 0.5) is 0 Å². The first-order valence-electron chi connectivity index (χ1n) is 5.95. The Labute approximate surface area is 90.8 Å². The molecule has 1 aliphatic rings. The maximum Gasteiger partial charge on any atom is 0.0997 e. The van der Waals surface area contributed by atoms with Crippen LogP contribution in [0.5, 0.6) is 0 Å². The fourth-order valence-electron chi connectivity index (χ4n) is 2.16. The lowest BCUT2D eigenvalue weighted by Crippen LogP contribution is -2.13. The highest BCUT2D eigenvalue weighted by Gasteiger charge is 2.32. The number of nitrogens with zero attached hydrogens (tertiary/aromatic N) is 3. The monoisotopic (exact) mass is 208 g/mol. The summed E-state index contributed by atoms with van der Waals surface area (Å²) in [5.41, 5.74) is 8.01. The van der Waals surface area contributed by atoms with Gasteiger partial charge in [-0.05, 0) is 25.7 Å². The lowest BCUT2D eigenvalue weighted by Gasteiger charge is -2.15. The van der Waals surface area contributed by atoms with Gasteiger partial charge in [-0.2, -0.15) is 0 Å². The molecule has 15 heavy (non-hydrogen) atoms. The van der Waals surface area contributed by atoms with E-state index in [2.05, 4.69) is 28.8 Å². The molecule has 0 unspecified atom stereocenters. The van der Waals surface area contributed by atoms with Crippen LogP contribution in [0.1, 0.15) is 62.9 Å². The van der Waals surface area contributed by atoms with Crippen LogP contribution >= 0.6 is 0 Å². The minimum absolute atomic E-state index is 0.494. The molecule has 0 bridgehead atoms. The minimum atomic E-state index is 0.494. The summed E-state index contributed by atoms with van der Waals surface area (Å²) in [7, 11) is 0. The van der Waals surface area contributed by atoms with Gasteiger partial charge in [0.1, 0.15) is 0 Å². The molecule has 0 saturated heterocycles. The van der Waals surface area contributed by atoms with Gasteiger partial charge in [0.15, 0.2) is 0 Å². The van der Waals surface area contributed by atoms with Gasteiger partial charge < -0.3 is 5.73 Å². The molecule has 1 aromatic rings. The van der Waals surface area contributed by atoms with E-state index in [0.29, 0.717) is 18.5 Å². The van der Waals surface area contributed by atoms with Crippen LogP contribution in [0.3, 0.4) is 0 Å². The molecule has 1 saturated carbocycles. The Morgan fingerprint density at radius 2 is 2.07 bits per heavy atom. The first kappa shape index (κ1) is 10.6. The highest BCUT2D eigenvalue weighted by atomic mass is 15.4. The number of rotatable bonds is 5. The molecule has 2 rings (SSSR count). The van der Waals surface area contributed by atoms with Crippen LogP contribution in [0.2, 0.25) is 0 Å². The summed E-state index contributed by atoms with van der Waals surface area (Å²) in [6.07, 6.45) is 4.79. The van der Waals surface area contributed by atoms with E-state index < -0.39 is 0 Å². The van der Waals surface area contributed by atoms with E-state index in [1.54, 1.807) is 0 Å². The van der Waals surface area contributed by atoms with Gasteiger partial charge in [0.25, 0.3) is 0 Å². The minimum Gasteiger partial charge on any atom is -0.325 e. The van der Waals surface area contributed by atoms with Crippen molar-refractivity contribution >= 4 is 0 Å². The topological polar surface area (TPSA) is 56.7 Å². The van der Waals surface area contributed by atoms with Gasteiger partial charge in [-0.25, -0.2) is 4.68 Å². The number of nitrogens with two attached hydrogens (primary N) is 1. The van der Waals surface area contributed by atoms with Crippen molar-refractivity contribution in [1.29, 1.82) is 0 Å². The van der Waals surface area contributed by atoms with Crippen LogP contribution in [-0.4, -0.2) is 15.0 Å². The van der Waals surface area contributed by atoms with Crippen LogP contribution in [-0.2, 0) is 6.54 Å². The van der Waals surface area contributed by atoms with Crippen molar-refractivity contribution in [1.82, 2.24) is 15.0 Å². The second-order valence-corrected chi connectivity index (χ2v) is 4.31. The molecular formula is C11H20N4. The van der Waals surface area contributed by atoms with Gasteiger partial charge >= 0.3 is 0 Å². The fourth-order valence-corrected chi connectivity index (χ4v) is 2.16. The van der Waals surface area contributed by atoms with Gasteiger partial charge in [0.05, 0.1) is 17.4 Å². The molecule has 1 heterocycles. The largest absolute Gasteiger partial charge is 0.325 e. The third-order valence-corrected chi connectivity index (χ3v) is 3.25. The highest BCUT2D eigenvalue weighted by Crippen LogP contribution is 2.42. The van der Waals surface area contributed by atoms with Gasteiger partial charge in [-0.15, -0.1) is 5.10 Å². The van der Waals surface area contributed by atoms with Gasteiger partial charge in [-0.1, -0.05) is 19.1 Å². The smallest absolute Gasteiger partial charge is 0.0997 e. The predicted molar refractivity (Wildman–Crippen MR) is 59.5 cm³/mol. The summed E-state index contributed by atoms with van der Waals surface area (Å²) < 4.78 is 2.12. The Balaban J connectivity index is 2.32. The van der Waals surface area contributed by atoms with Gasteiger partial charge in [0, 0.05) is 12.5 Å². The molecular weight excluding hydrogens is 188 g/mol. The molecule has 1 fully saturated rings. The van der Waals surface area contributed by atoms with Crippen molar-refractivity contribution in [2.24, 2.45) is 5.73 Å². The summed E-state index contributed by atoms with van der Waals surface area (Å²) in [5, 5.41) is 8.48. The van der Waals surface area contributed by atoms with E-state index in [4.69, 9.17) is 5.73 Å². The van der Waals surface area contributed by atoms with E-state index in [1.807, 2.05) is 0 Å². The summed E-state index contributed by atoms with van der Waals surface area (Å²) in [6, 6.07) is 0.494. The van der Waals surface area contributed by atoms with Crippen LogP contribution in [0, 0.1) is 0 Å². The van der Waals surface area contributed by atoms with Crippen molar-refractivity contribution < 1.29 is 0 Å². The van der Waals surface area contributed by atoms with Gasteiger partial charge in [-0.3, -0.25) is 0 Å². The summed E-state index contributed by atoms with van der Waals surface area (Å²) in [5.74, 6) is 0.680. The Kier molecular flexibility index (Phi) is 3.05. The summed E-state index contributed by atoms with van der Waals surface area (Å²) in [6.45, 7) is 4.93. The van der Waals surface area contributed by atoms with Crippen LogP contribution < -0.4 is 5.73 Å². The molecule has 4 nitrogen and oxygen atoms in total. The van der Waals surface area contributed by atoms with E-state index in [0.717, 1.165) is 18.5 Å². The Morgan fingerprint density at radius 3 is 2.53 bits per heavy atom. The Morgan fingerprint density at radius 1 is 1.40 bits per heavy atom. The first-order valence-corrected chi connectivity index (χ1v) is 5.95. The van der Waals surface area contributed by atoms with Crippen molar-refractivity contribution in [3.05, 3.63) is 11.4 Å². The van der Waals surface area contributed by atoms with Crippen molar-refractivity contribution in [3.63, 3.8) is 0 Å². The maximum atomic E-state index is 5.70. The second-order valence-electron chi connectivity index (χ2n) is 4.31. The van der Waals surface area contributed by atoms with E-state index in [9.17, 15) is 0 Å². The molecule has 0 spiro atoms. The first-order chi connectivity index (χ1) is 7.31. The van der Waals surface area contributed by atoms with E-state index in [-0.39, 0.29) is 0 Å². The fraction of sp³-hybridized carbons (Fsp3) is 0.818. The molecule has 2 N–H and O–H groups in total. The average molecular weight is 208 g/mol. The Bertz CT molecular complexity index is 323. The van der Waals surface area contributed by atoms with Crippen molar-refractivity contribution in [2.75, 3.05) is 0 Å². The third kappa shape index (κ3) is 1.91. The molecule has 0 aliphatic heterocycles. The molecule has 1 aromatic heterocycles. The summed E-state index contributed by atoms with van der Waals surface area (Å²) >= 11 is 0. The number of hydrogen-bond acceptors (Lipinski definition) is 3. The molecule has 1 aliphatic carbocycles. The van der Waals surface area contributed by atoms with Gasteiger partial charge in [0.2, 0.25) is 0 Å². The maximum absolute atomic E-state index is 5.70. The molecule has 0 radical (unpaired) electrons. The molecule has 84 valence electrons. The molecule has 0 aromatic carbocycles. The lowest BCUT2D eigenvalue weighted by molar-refractivity contribution is 0.405. The third-order valence-electron chi connectivity index (χ3n) is 3.25. The van der Waals surface area contributed by atoms with Crippen LogP contribution in [0.15, 0.2) is 0 Å². The van der Waals surface area contributed by atoms with Crippen LogP contribution in [0.25, 0.3) is 0 Å². The zero-order valence-corrected chi connectivity index (χ0v) is 9.61. The lowest BCUT2D eigenvalue weighted by atomic mass is 10.1. The van der Waals surface area contributed by atoms with Crippen molar-refractivity contribution in [3.8, 4) is 0 Å². The Hall–Kier alpha value is -0.900. The van der Waals surface area contributed by atoms with E-state index in [1.165, 1.54) is 18.5 Å². The zero-order valence-electron chi connectivity index (χ0n) is 9.61. The molecule has 4 heteroatoms. The SMILES string of the molecule is CCC(CC)n1nnc(CN)c1C1CC1. The zero-order chi connectivity index (χ0) is 10.8. The standard InChI is InChI=1S/C11H20N4/c1-3-9(4-2)15-11(8-5-6-8)10(7-12)13-14-15/h8-9H,3-7,12H2,1-2H3. The van der Waals surface area contributed by atoms with Crippen molar-refractivity contribution in [2.45, 2.75) is 58.0 Å². The number of aromatic nitrogens is 3.